The number of ether oxygens (including phenoxy) is 2. The summed E-state index contributed by atoms with van der Waals surface area (Å²) >= 11 is 0. The van der Waals surface area contributed by atoms with Gasteiger partial charge < -0.3 is 20.1 Å². The van der Waals surface area contributed by atoms with Crippen molar-refractivity contribution in [3.63, 3.8) is 0 Å². The van der Waals surface area contributed by atoms with E-state index < -0.39 is 0 Å². The molecule has 0 aliphatic carbocycles. The van der Waals surface area contributed by atoms with Gasteiger partial charge in [-0.2, -0.15) is 0 Å². The maximum absolute atomic E-state index is 6.12. The van der Waals surface area contributed by atoms with Crippen molar-refractivity contribution < 1.29 is 9.47 Å². The van der Waals surface area contributed by atoms with Crippen LogP contribution in [0.1, 0.15) is 30.9 Å². The molecule has 0 saturated carbocycles. The molecule has 23 heavy (non-hydrogen) atoms. The van der Waals surface area contributed by atoms with Crippen LogP contribution in [0, 0.1) is 0 Å². The van der Waals surface area contributed by atoms with Crippen molar-refractivity contribution >= 4 is 0 Å². The van der Waals surface area contributed by atoms with Gasteiger partial charge >= 0.3 is 0 Å². The van der Waals surface area contributed by atoms with E-state index in [2.05, 4.69) is 15.9 Å². The number of hydrogen-bond donors (Lipinski definition) is 1. The fourth-order valence-electron chi connectivity index (χ4n) is 3.08. The van der Waals surface area contributed by atoms with Gasteiger partial charge in [-0.3, -0.25) is 4.90 Å². The summed E-state index contributed by atoms with van der Waals surface area (Å²) in [5.74, 6) is 1.72. The molecule has 1 fully saturated rings. The molecule has 0 bridgehead atoms. The number of likely N-dealkylation sites (N-methyl/N-ethyl adjacent to an activating group) is 1. The van der Waals surface area contributed by atoms with Crippen LogP contribution in [0.25, 0.3) is 0 Å². The molecule has 0 spiro atoms. The number of likely N-dealkylation sites (tertiary alicyclic amines) is 1. The first-order valence-corrected chi connectivity index (χ1v) is 8.55. The number of benzene rings is 1. The Bertz CT molecular complexity index is 473. The van der Waals surface area contributed by atoms with E-state index in [1.807, 2.05) is 26.2 Å². The third-order valence-electron chi connectivity index (χ3n) is 4.43. The van der Waals surface area contributed by atoms with E-state index in [-0.39, 0.29) is 6.04 Å². The summed E-state index contributed by atoms with van der Waals surface area (Å²) in [5.41, 5.74) is 7.29. The lowest BCUT2D eigenvalue weighted by Crippen LogP contribution is -2.37. The molecule has 5 heteroatoms. The topological polar surface area (TPSA) is 51.0 Å². The van der Waals surface area contributed by atoms with E-state index in [9.17, 15) is 0 Å². The van der Waals surface area contributed by atoms with Gasteiger partial charge in [0, 0.05) is 24.7 Å². The molecule has 130 valence electrons. The van der Waals surface area contributed by atoms with Gasteiger partial charge in [0.05, 0.1) is 13.2 Å². The number of piperidine rings is 1. The lowest BCUT2D eigenvalue weighted by atomic mass is 10.0. The number of hydrogen-bond acceptors (Lipinski definition) is 5. The van der Waals surface area contributed by atoms with Crippen molar-refractivity contribution in [3.05, 3.63) is 23.8 Å². The van der Waals surface area contributed by atoms with Gasteiger partial charge in [0.1, 0.15) is 18.1 Å². The Morgan fingerprint density at radius 2 is 1.96 bits per heavy atom. The van der Waals surface area contributed by atoms with Crippen molar-refractivity contribution in [3.8, 4) is 11.5 Å². The zero-order valence-electron chi connectivity index (χ0n) is 14.8. The van der Waals surface area contributed by atoms with Crippen LogP contribution < -0.4 is 15.2 Å². The van der Waals surface area contributed by atoms with Gasteiger partial charge in [-0.25, -0.2) is 0 Å². The molecule has 1 atom stereocenters. The molecule has 1 saturated heterocycles. The summed E-state index contributed by atoms with van der Waals surface area (Å²) in [6.45, 7) is 4.38. The second-order valence-electron chi connectivity index (χ2n) is 6.40. The van der Waals surface area contributed by atoms with E-state index in [1.165, 1.54) is 24.8 Å². The molecule has 1 aromatic rings. The van der Waals surface area contributed by atoms with Crippen molar-refractivity contribution in [2.45, 2.75) is 25.3 Å². The van der Waals surface area contributed by atoms with E-state index in [4.69, 9.17) is 15.2 Å². The van der Waals surface area contributed by atoms with Crippen LogP contribution in [0.4, 0.5) is 0 Å². The van der Waals surface area contributed by atoms with E-state index in [0.717, 1.165) is 31.1 Å². The molecule has 5 nitrogen and oxygen atoms in total. The van der Waals surface area contributed by atoms with E-state index >= 15 is 0 Å². The Kier molecular flexibility index (Phi) is 7.15. The highest BCUT2D eigenvalue weighted by atomic mass is 16.5. The van der Waals surface area contributed by atoms with Gasteiger partial charge in [0.15, 0.2) is 0 Å². The molecule has 1 heterocycles. The molecule has 1 aliphatic heterocycles. The first-order chi connectivity index (χ1) is 11.2. The molecule has 1 aromatic carbocycles. The van der Waals surface area contributed by atoms with Crippen LogP contribution in [-0.4, -0.2) is 63.8 Å². The molecular formula is C18H31N3O2. The quantitative estimate of drug-likeness (QED) is 0.795. The third-order valence-corrected chi connectivity index (χ3v) is 4.43. The Morgan fingerprint density at radius 3 is 2.57 bits per heavy atom. The van der Waals surface area contributed by atoms with Crippen molar-refractivity contribution in [2.24, 2.45) is 5.73 Å². The molecular weight excluding hydrogens is 290 g/mol. The maximum Gasteiger partial charge on any atom is 0.127 e. The number of methoxy groups -OCH3 is 1. The maximum atomic E-state index is 6.12. The summed E-state index contributed by atoms with van der Waals surface area (Å²) in [6.07, 6.45) is 3.83. The van der Waals surface area contributed by atoms with Gasteiger partial charge in [0.25, 0.3) is 0 Å². The lowest BCUT2D eigenvalue weighted by Gasteiger charge is -2.35. The molecule has 0 aromatic heterocycles. The average Bonchev–Trinajstić information content (AvgIpc) is 2.57. The third kappa shape index (κ3) is 5.09. The standard InChI is InChI=1S/C18H31N3O2/c1-20(2)11-12-23-18-13-15(22-3)7-8-16(18)17(14-19)21-9-5-4-6-10-21/h7-8,13,17H,4-6,9-12,14,19H2,1-3H3. The molecule has 1 aliphatic rings. The van der Waals surface area contributed by atoms with Gasteiger partial charge in [-0.05, 0) is 46.1 Å². The average molecular weight is 321 g/mol. The highest BCUT2D eigenvalue weighted by Gasteiger charge is 2.24. The largest absolute Gasteiger partial charge is 0.497 e. The minimum atomic E-state index is 0.218. The number of nitrogens with zero attached hydrogens (tertiary/aromatic N) is 2. The van der Waals surface area contributed by atoms with Crippen molar-refractivity contribution in [2.75, 3.05) is 54.0 Å². The molecule has 2 N–H and O–H groups in total. The highest BCUT2D eigenvalue weighted by Crippen LogP contribution is 2.33. The number of rotatable bonds is 8. The second-order valence-corrected chi connectivity index (χ2v) is 6.40. The summed E-state index contributed by atoms with van der Waals surface area (Å²) in [7, 11) is 5.78. The Labute approximate surface area is 140 Å². The van der Waals surface area contributed by atoms with Crippen molar-refractivity contribution in [1.82, 2.24) is 9.80 Å². The zero-order valence-corrected chi connectivity index (χ0v) is 14.8. The SMILES string of the molecule is COc1ccc(C(CN)N2CCCCC2)c(OCCN(C)C)c1. The van der Waals surface area contributed by atoms with Crippen LogP contribution in [0.3, 0.4) is 0 Å². The minimum absolute atomic E-state index is 0.218. The zero-order chi connectivity index (χ0) is 16.7. The van der Waals surface area contributed by atoms with Crippen LogP contribution in [0.2, 0.25) is 0 Å². The first-order valence-electron chi connectivity index (χ1n) is 8.55. The van der Waals surface area contributed by atoms with Crippen LogP contribution in [-0.2, 0) is 0 Å². The Balaban J connectivity index is 2.19. The Morgan fingerprint density at radius 1 is 1.22 bits per heavy atom. The minimum Gasteiger partial charge on any atom is -0.497 e. The number of nitrogens with two attached hydrogens (primary N) is 1. The summed E-state index contributed by atoms with van der Waals surface area (Å²) in [6, 6.07) is 6.31. The predicted molar refractivity (Wildman–Crippen MR) is 94.3 cm³/mol. The highest BCUT2D eigenvalue weighted by molar-refractivity contribution is 5.43. The lowest BCUT2D eigenvalue weighted by molar-refractivity contribution is 0.162. The molecule has 1 unspecified atom stereocenters. The normalized spacial score (nSPS) is 17.3. The summed E-state index contributed by atoms with van der Waals surface area (Å²) < 4.78 is 11.4. The summed E-state index contributed by atoms with van der Waals surface area (Å²) in [4.78, 5) is 4.61. The predicted octanol–water partition coefficient (Wildman–Crippen LogP) is 2.12. The van der Waals surface area contributed by atoms with Gasteiger partial charge in [0.2, 0.25) is 0 Å². The van der Waals surface area contributed by atoms with Gasteiger partial charge in [-0.15, -0.1) is 0 Å². The van der Waals surface area contributed by atoms with Crippen LogP contribution >= 0.6 is 0 Å². The summed E-state index contributed by atoms with van der Waals surface area (Å²) in [5, 5.41) is 0. The van der Waals surface area contributed by atoms with Crippen LogP contribution in [0.15, 0.2) is 18.2 Å². The molecule has 0 amide bonds. The smallest absolute Gasteiger partial charge is 0.127 e. The Hall–Kier alpha value is -1.30. The van der Waals surface area contributed by atoms with E-state index in [0.29, 0.717) is 13.2 Å². The molecule has 2 rings (SSSR count). The van der Waals surface area contributed by atoms with Crippen LogP contribution in [0.5, 0.6) is 11.5 Å². The fraction of sp³-hybridized carbons (Fsp3) is 0.667. The monoisotopic (exact) mass is 321 g/mol. The molecule has 0 radical (unpaired) electrons. The second kappa shape index (κ2) is 9.11. The fourth-order valence-corrected chi connectivity index (χ4v) is 3.08. The first kappa shape index (κ1) is 18.0. The van der Waals surface area contributed by atoms with E-state index in [1.54, 1.807) is 7.11 Å². The van der Waals surface area contributed by atoms with Gasteiger partial charge in [-0.1, -0.05) is 12.5 Å². The van der Waals surface area contributed by atoms with Crippen molar-refractivity contribution in [1.29, 1.82) is 0 Å².